The molecule has 0 aliphatic carbocycles. The normalized spacial score (nSPS) is 17.8. The molecule has 0 bridgehead atoms. The van der Waals surface area contributed by atoms with Crippen LogP contribution in [0.1, 0.15) is 31.3 Å². The number of piperazine rings is 1. The number of hydrogen-bond donors (Lipinski definition) is 1. The lowest BCUT2D eigenvalue weighted by Gasteiger charge is -2.33. The third-order valence-electron chi connectivity index (χ3n) is 4.24. The number of nitrogens with one attached hydrogen (secondary N) is 1. The summed E-state index contributed by atoms with van der Waals surface area (Å²) < 4.78 is 7.62. The van der Waals surface area contributed by atoms with E-state index in [4.69, 9.17) is 4.74 Å². The van der Waals surface area contributed by atoms with Gasteiger partial charge in [0.05, 0.1) is 18.5 Å². The molecular formula is C19H26N4O2. The van der Waals surface area contributed by atoms with E-state index in [1.807, 2.05) is 42.2 Å². The second-order valence-corrected chi connectivity index (χ2v) is 6.88. The van der Waals surface area contributed by atoms with Gasteiger partial charge in [0.2, 0.25) is 0 Å². The highest BCUT2D eigenvalue weighted by molar-refractivity contribution is 5.95. The molecule has 0 saturated carbocycles. The molecular weight excluding hydrogens is 316 g/mol. The maximum atomic E-state index is 13.1. The molecule has 6 nitrogen and oxygen atoms in total. The smallest absolute Gasteiger partial charge is 0.278 e. The van der Waals surface area contributed by atoms with Gasteiger partial charge in [-0.15, -0.1) is 0 Å². The monoisotopic (exact) mass is 342 g/mol. The van der Waals surface area contributed by atoms with Crippen LogP contribution >= 0.6 is 0 Å². The number of para-hydroxylation sites is 1. The first-order chi connectivity index (χ1) is 12.1. The van der Waals surface area contributed by atoms with Crippen LogP contribution in [0.25, 0.3) is 5.69 Å². The van der Waals surface area contributed by atoms with Gasteiger partial charge in [-0.3, -0.25) is 4.79 Å². The Hall–Kier alpha value is -2.34. The molecule has 3 rings (SSSR count). The molecule has 2 aromatic rings. The van der Waals surface area contributed by atoms with Crippen molar-refractivity contribution in [3.8, 4) is 11.4 Å². The van der Waals surface area contributed by atoms with Crippen LogP contribution in [0.3, 0.4) is 0 Å². The minimum atomic E-state index is -0.0672. The molecule has 1 aromatic heterocycles. The first-order valence-electron chi connectivity index (χ1n) is 8.86. The fourth-order valence-electron chi connectivity index (χ4n) is 2.86. The molecule has 1 aliphatic rings. The number of nitrogens with zero attached hydrogens (tertiary/aromatic N) is 3. The number of rotatable bonds is 5. The zero-order valence-electron chi connectivity index (χ0n) is 15.1. The van der Waals surface area contributed by atoms with E-state index in [1.165, 1.54) is 0 Å². The van der Waals surface area contributed by atoms with Crippen molar-refractivity contribution in [2.45, 2.75) is 26.8 Å². The molecule has 6 heteroatoms. The van der Waals surface area contributed by atoms with Crippen molar-refractivity contribution >= 4 is 5.91 Å². The number of hydrogen-bond acceptors (Lipinski definition) is 4. The van der Waals surface area contributed by atoms with Crippen molar-refractivity contribution in [1.29, 1.82) is 0 Å². The van der Waals surface area contributed by atoms with Crippen LogP contribution in [0.5, 0.6) is 5.75 Å². The highest BCUT2D eigenvalue weighted by atomic mass is 16.5. The van der Waals surface area contributed by atoms with Crippen LogP contribution < -0.4 is 10.1 Å². The Bertz CT molecular complexity index is 711. The summed E-state index contributed by atoms with van der Waals surface area (Å²) in [5.41, 5.74) is 1.29. The Labute approximate surface area is 148 Å². The number of carbonyl (C=O) groups excluding carboxylic acids is 1. The molecule has 1 fully saturated rings. The van der Waals surface area contributed by atoms with Crippen molar-refractivity contribution in [2.24, 2.45) is 5.92 Å². The van der Waals surface area contributed by atoms with E-state index in [1.54, 1.807) is 10.9 Å². The van der Waals surface area contributed by atoms with Gasteiger partial charge in [-0.1, -0.05) is 32.0 Å². The second-order valence-electron chi connectivity index (χ2n) is 6.88. The lowest BCUT2D eigenvalue weighted by molar-refractivity contribution is 0.0644. The highest BCUT2D eigenvalue weighted by Crippen LogP contribution is 2.23. The molecule has 1 aromatic carbocycles. The van der Waals surface area contributed by atoms with Crippen molar-refractivity contribution < 1.29 is 9.53 Å². The van der Waals surface area contributed by atoms with Gasteiger partial charge in [0.15, 0.2) is 11.4 Å². The van der Waals surface area contributed by atoms with Crippen LogP contribution in [0.2, 0.25) is 0 Å². The Morgan fingerprint density at radius 3 is 2.80 bits per heavy atom. The van der Waals surface area contributed by atoms with Gasteiger partial charge in [0.1, 0.15) is 0 Å². The van der Waals surface area contributed by atoms with Crippen molar-refractivity contribution in [2.75, 3.05) is 26.2 Å². The number of amides is 1. The summed E-state index contributed by atoms with van der Waals surface area (Å²) in [6, 6.07) is 9.91. The van der Waals surface area contributed by atoms with Crippen LogP contribution in [-0.2, 0) is 0 Å². The van der Waals surface area contributed by atoms with E-state index in [0.29, 0.717) is 30.5 Å². The van der Waals surface area contributed by atoms with Crippen molar-refractivity contribution in [1.82, 2.24) is 20.0 Å². The summed E-state index contributed by atoms with van der Waals surface area (Å²) in [6.45, 7) is 9.06. The maximum Gasteiger partial charge on any atom is 0.278 e. The molecule has 2 heterocycles. The van der Waals surface area contributed by atoms with Crippen LogP contribution in [0, 0.1) is 5.92 Å². The van der Waals surface area contributed by atoms with Crippen LogP contribution in [-0.4, -0.2) is 52.9 Å². The standard InChI is InChI=1S/C19H26N4O2/c1-14(2)13-25-17-12-23(16-7-5-4-6-8-16)21-18(17)19(24)22-10-9-20-11-15(22)3/h4-8,12,14-15,20H,9-11,13H2,1-3H3/t15-/m1/s1. The molecule has 1 atom stereocenters. The number of ether oxygens (including phenoxy) is 1. The number of carbonyl (C=O) groups is 1. The molecule has 0 unspecified atom stereocenters. The summed E-state index contributed by atoms with van der Waals surface area (Å²) >= 11 is 0. The molecule has 1 saturated heterocycles. The van der Waals surface area contributed by atoms with Crippen LogP contribution in [0.15, 0.2) is 36.5 Å². The minimum Gasteiger partial charge on any atom is -0.489 e. The van der Waals surface area contributed by atoms with Gasteiger partial charge in [-0.05, 0) is 25.0 Å². The number of aromatic nitrogens is 2. The highest BCUT2D eigenvalue weighted by Gasteiger charge is 2.29. The molecule has 1 amide bonds. The fraction of sp³-hybridized carbons (Fsp3) is 0.474. The van der Waals surface area contributed by atoms with Crippen molar-refractivity contribution in [3.63, 3.8) is 0 Å². The predicted octanol–water partition coefficient (Wildman–Crippen LogP) is 2.34. The Morgan fingerprint density at radius 1 is 1.36 bits per heavy atom. The van der Waals surface area contributed by atoms with E-state index < -0.39 is 0 Å². The zero-order valence-corrected chi connectivity index (χ0v) is 15.1. The third-order valence-corrected chi connectivity index (χ3v) is 4.24. The largest absolute Gasteiger partial charge is 0.489 e. The fourth-order valence-corrected chi connectivity index (χ4v) is 2.86. The average Bonchev–Trinajstić information content (AvgIpc) is 3.05. The molecule has 0 spiro atoms. The summed E-state index contributed by atoms with van der Waals surface area (Å²) in [5, 5.41) is 7.85. The first-order valence-corrected chi connectivity index (χ1v) is 8.86. The van der Waals surface area contributed by atoms with E-state index in [2.05, 4.69) is 24.3 Å². The van der Waals surface area contributed by atoms with Gasteiger partial charge in [-0.25, -0.2) is 4.68 Å². The lowest BCUT2D eigenvalue weighted by Crippen LogP contribution is -2.52. The Balaban J connectivity index is 1.92. The Morgan fingerprint density at radius 2 is 2.12 bits per heavy atom. The van der Waals surface area contributed by atoms with E-state index in [9.17, 15) is 4.79 Å². The van der Waals surface area contributed by atoms with Gasteiger partial charge >= 0.3 is 0 Å². The third kappa shape index (κ3) is 4.02. The predicted molar refractivity (Wildman–Crippen MR) is 97.3 cm³/mol. The van der Waals surface area contributed by atoms with Crippen molar-refractivity contribution in [3.05, 3.63) is 42.2 Å². The molecule has 1 N–H and O–H groups in total. The topological polar surface area (TPSA) is 59.4 Å². The summed E-state index contributed by atoms with van der Waals surface area (Å²) in [7, 11) is 0. The summed E-state index contributed by atoms with van der Waals surface area (Å²) in [6.07, 6.45) is 1.80. The minimum absolute atomic E-state index is 0.0672. The average molecular weight is 342 g/mol. The Kier molecular flexibility index (Phi) is 5.38. The second kappa shape index (κ2) is 7.70. The van der Waals surface area contributed by atoms with Gasteiger partial charge < -0.3 is 15.0 Å². The first kappa shape index (κ1) is 17.5. The molecule has 25 heavy (non-hydrogen) atoms. The summed E-state index contributed by atoms with van der Waals surface area (Å²) in [4.78, 5) is 14.9. The number of benzene rings is 1. The van der Waals surface area contributed by atoms with Gasteiger partial charge in [-0.2, -0.15) is 5.10 Å². The zero-order chi connectivity index (χ0) is 17.8. The molecule has 134 valence electrons. The van der Waals surface area contributed by atoms with Gasteiger partial charge in [0, 0.05) is 25.7 Å². The van der Waals surface area contributed by atoms with Gasteiger partial charge in [0.25, 0.3) is 5.91 Å². The van der Waals surface area contributed by atoms with E-state index >= 15 is 0 Å². The van der Waals surface area contributed by atoms with Crippen LogP contribution in [0.4, 0.5) is 0 Å². The molecule has 1 aliphatic heterocycles. The van der Waals surface area contributed by atoms with E-state index in [-0.39, 0.29) is 11.9 Å². The quantitative estimate of drug-likeness (QED) is 0.906. The molecule has 0 radical (unpaired) electrons. The van der Waals surface area contributed by atoms with E-state index in [0.717, 1.165) is 18.8 Å². The maximum absolute atomic E-state index is 13.1. The SMILES string of the molecule is CC(C)COc1cn(-c2ccccc2)nc1C(=O)N1CCNC[C@H]1C. The summed E-state index contributed by atoms with van der Waals surface area (Å²) in [5.74, 6) is 0.858. The lowest BCUT2D eigenvalue weighted by atomic mass is 10.2.